The van der Waals surface area contributed by atoms with Gasteiger partial charge in [0.05, 0.1) is 0 Å². The van der Waals surface area contributed by atoms with Gasteiger partial charge in [0.15, 0.2) is 0 Å². The number of hydrogen-bond donors (Lipinski definition) is 1. The summed E-state index contributed by atoms with van der Waals surface area (Å²) >= 11 is 0. The predicted molar refractivity (Wildman–Crippen MR) is 99.4 cm³/mol. The van der Waals surface area contributed by atoms with Gasteiger partial charge in [0.2, 0.25) is 5.91 Å². The van der Waals surface area contributed by atoms with Crippen molar-refractivity contribution in [2.45, 2.75) is 38.6 Å². The van der Waals surface area contributed by atoms with E-state index in [9.17, 15) is 4.79 Å². The number of nitrogens with zero attached hydrogens (tertiary/aromatic N) is 3. The molecule has 1 N–H and O–H groups in total. The van der Waals surface area contributed by atoms with Gasteiger partial charge in [-0.05, 0) is 17.9 Å². The fourth-order valence-corrected chi connectivity index (χ4v) is 3.52. The van der Waals surface area contributed by atoms with Crippen LogP contribution >= 0.6 is 0 Å². The van der Waals surface area contributed by atoms with Crippen molar-refractivity contribution in [1.82, 2.24) is 19.8 Å². The fraction of sp³-hybridized carbons (Fsp3) is 0.500. The first-order valence-corrected chi connectivity index (χ1v) is 8.93. The summed E-state index contributed by atoms with van der Waals surface area (Å²) in [7, 11) is 1.98. The van der Waals surface area contributed by atoms with E-state index in [0.717, 1.165) is 25.5 Å². The second kappa shape index (κ2) is 7.00. The third kappa shape index (κ3) is 3.76. The van der Waals surface area contributed by atoms with Crippen molar-refractivity contribution in [3.05, 3.63) is 53.6 Å². The van der Waals surface area contributed by atoms with Crippen LogP contribution in [0.5, 0.6) is 0 Å². The SMILES string of the molecule is Cc1ccc(C(C)(C)CC(=O)N2CCNCC2c2nccn2C)cc1. The Labute approximate surface area is 150 Å². The lowest BCUT2D eigenvalue weighted by molar-refractivity contribution is -0.136. The molecule has 0 radical (unpaired) electrons. The molecular formula is C20H28N4O. The highest BCUT2D eigenvalue weighted by Gasteiger charge is 2.34. The average molecular weight is 340 g/mol. The number of carbonyl (C=O) groups is 1. The second-order valence-electron chi connectivity index (χ2n) is 7.63. The van der Waals surface area contributed by atoms with Gasteiger partial charge in [0.1, 0.15) is 11.9 Å². The lowest BCUT2D eigenvalue weighted by atomic mass is 9.80. The Morgan fingerprint density at radius 3 is 2.68 bits per heavy atom. The summed E-state index contributed by atoms with van der Waals surface area (Å²) in [5.74, 6) is 1.13. The smallest absolute Gasteiger partial charge is 0.224 e. The molecule has 1 atom stereocenters. The summed E-state index contributed by atoms with van der Waals surface area (Å²) in [6.07, 6.45) is 4.22. The summed E-state index contributed by atoms with van der Waals surface area (Å²) in [6, 6.07) is 8.49. The normalized spacial score (nSPS) is 18.4. The maximum Gasteiger partial charge on any atom is 0.224 e. The van der Waals surface area contributed by atoms with Gasteiger partial charge in [-0.3, -0.25) is 4.79 Å². The minimum Gasteiger partial charge on any atom is -0.336 e. The number of nitrogens with one attached hydrogen (secondary N) is 1. The Hall–Kier alpha value is -2.14. The van der Waals surface area contributed by atoms with Gasteiger partial charge in [-0.2, -0.15) is 0 Å². The highest BCUT2D eigenvalue weighted by molar-refractivity contribution is 5.78. The van der Waals surface area contributed by atoms with Crippen molar-refractivity contribution in [2.24, 2.45) is 7.05 Å². The molecule has 0 bridgehead atoms. The predicted octanol–water partition coefficient (Wildman–Crippen LogP) is 2.57. The largest absolute Gasteiger partial charge is 0.336 e. The van der Waals surface area contributed by atoms with E-state index in [1.807, 2.05) is 22.7 Å². The molecule has 0 spiro atoms. The summed E-state index contributed by atoms with van der Waals surface area (Å²) in [5.41, 5.74) is 2.25. The van der Waals surface area contributed by atoms with Crippen LogP contribution in [0.15, 0.2) is 36.7 Å². The molecule has 1 aromatic carbocycles. The van der Waals surface area contributed by atoms with Crippen LogP contribution in [0.3, 0.4) is 0 Å². The molecule has 2 aromatic rings. The number of hydrogen-bond acceptors (Lipinski definition) is 3. The highest BCUT2D eigenvalue weighted by Crippen LogP contribution is 2.30. The van der Waals surface area contributed by atoms with Crippen molar-refractivity contribution in [1.29, 1.82) is 0 Å². The zero-order valence-electron chi connectivity index (χ0n) is 15.6. The number of aryl methyl sites for hydroxylation is 2. The van der Waals surface area contributed by atoms with Gasteiger partial charge in [-0.1, -0.05) is 43.7 Å². The molecule has 1 fully saturated rings. The summed E-state index contributed by atoms with van der Waals surface area (Å²) < 4.78 is 2.00. The maximum atomic E-state index is 13.1. The Bertz CT molecular complexity index is 732. The van der Waals surface area contributed by atoms with Crippen molar-refractivity contribution in [3.63, 3.8) is 0 Å². The van der Waals surface area contributed by atoms with Crippen LogP contribution < -0.4 is 5.32 Å². The molecule has 3 rings (SSSR count). The van der Waals surface area contributed by atoms with Crippen LogP contribution in [-0.4, -0.2) is 40.0 Å². The van der Waals surface area contributed by atoms with Gasteiger partial charge >= 0.3 is 0 Å². The number of aromatic nitrogens is 2. The van der Waals surface area contributed by atoms with Crippen molar-refractivity contribution in [2.75, 3.05) is 19.6 Å². The second-order valence-corrected chi connectivity index (χ2v) is 7.63. The van der Waals surface area contributed by atoms with Crippen LogP contribution in [-0.2, 0) is 17.3 Å². The lowest BCUT2D eigenvalue weighted by Crippen LogP contribution is -2.50. The first kappa shape index (κ1) is 17.7. The van der Waals surface area contributed by atoms with E-state index in [1.165, 1.54) is 11.1 Å². The molecule has 134 valence electrons. The molecule has 1 aliphatic rings. The Kier molecular flexibility index (Phi) is 4.95. The zero-order chi connectivity index (χ0) is 18.0. The minimum atomic E-state index is -0.193. The van der Waals surface area contributed by atoms with E-state index in [0.29, 0.717) is 6.42 Å². The molecule has 1 aromatic heterocycles. The molecule has 0 saturated carbocycles. The average Bonchev–Trinajstić information content (AvgIpc) is 3.00. The van der Waals surface area contributed by atoms with Gasteiger partial charge in [-0.25, -0.2) is 4.98 Å². The number of benzene rings is 1. The highest BCUT2D eigenvalue weighted by atomic mass is 16.2. The van der Waals surface area contributed by atoms with E-state index in [1.54, 1.807) is 6.20 Å². The quantitative estimate of drug-likeness (QED) is 0.931. The molecule has 2 heterocycles. The van der Waals surface area contributed by atoms with E-state index in [4.69, 9.17) is 0 Å². The van der Waals surface area contributed by atoms with Crippen LogP contribution in [0.2, 0.25) is 0 Å². The van der Waals surface area contributed by atoms with Crippen LogP contribution in [0.25, 0.3) is 0 Å². The van der Waals surface area contributed by atoms with Gasteiger partial charge in [0, 0.05) is 45.5 Å². The first-order valence-electron chi connectivity index (χ1n) is 8.93. The van der Waals surface area contributed by atoms with E-state index in [2.05, 4.69) is 55.3 Å². The molecule has 1 aliphatic heterocycles. The molecule has 25 heavy (non-hydrogen) atoms. The standard InChI is InChI=1S/C20H28N4O/c1-15-5-7-16(8-6-15)20(2,3)13-18(25)24-12-9-21-14-17(24)19-22-10-11-23(19)4/h5-8,10-11,17,21H,9,12-14H2,1-4H3. The van der Waals surface area contributed by atoms with E-state index >= 15 is 0 Å². The van der Waals surface area contributed by atoms with E-state index < -0.39 is 0 Å². The molecule has 0 aliphatic carbocycles. The molecular weight excluding hydrogens is 312 g/mol. The zero-order valence-corrected chi connectivity index (χ0v) is 15.6. The molecule has 1 saturated heterocycles. The van der Waals surface area contributed by atoms with Gasteiger partial charge in [0.25, 0.3) is 0 Å². The fourth-order valence-electron chi connectivity index (χ4n) is 3.52. The van der Waals surface area contributed by atoms with Gasteiger partial charge in [-0.15, -0.1) is 0 Å². The van der Waals surface area contributed by atoms with Crippen molar-refractivity contribution < 1.29 is 4.79 Å². The van der Waals surface area contributed by atoms with Gasteiger partial charge < -0.3 is 14.8 Å². The Balaban J connectivity index is 1.78. The number of piperazine rings is 1. The first-order chi connectivity index (χ1) is 11.9. The monoisotopic (exact) mass is 340 g/mol. The number of imidazole rings is 1. The molecule has 1 amide bonds. The number of rotatable bonds is 4. The topological polar surface area (TPSA) is 50.2 Å². The van der Waals surface area contributed by atoms with Crippen LogP contribution in [0, 0.1) is 6.92 Å². The molecule has 5 nitrogen and oxygen atoms in total. The number of carbonyl (C=O) groups excluding carboxylic acids is 1. The molecule has 1 unspecified atom stereocenters. The summed E-state index contributed by atoms with van der Waals surface area (Å²) in [5, 5.41) is 3.39. The summed E-state index contributed by atoms with van der Waals surface area (Å²) in [4.78, 5) is 19.6. The van der Waals surface area contributed by atoms with Crippen molar-refractivity contribution >= 4 is 5.91 Å². The van der Waals surface area contributed by atoms with Crippen molar-refractivity contribution in [3.8, 4) is 0 Å². The molecule has 5 heteroatoms. The Morgan fingerprint density at radius 2 is 2.04 bits per heavy atom. The Morgan fingerprint density at radius 1 is 1.32 bits per heavy atom. The van der Waals surface area contributed by atoms with E-state index in [-0.39, 0.29) is 17.4 Å². The maximum absolute atomic E-state index is 13.1. The third-order valence-corrected chi connectivity index (χ3v) is 5.15. The van der Waals surface area contributed by atoms with Crippen LogP contribution in [0.1, 0.15) is 43.3 Å². The third-order valence-electron chi connectivity index (χ3n) is 5.15. The van der Waals surface area contributed by atoms with Crippen LogP contribution in [0.4, 0.5) is 0 Å². The number of amides is 1. The lowest BCUT2D eigenvalue weighted by Gasteiger charge is -2.38. The minimum absolute atomic E-state index is 0.00457. The summed E-state index contributed by atoms with van der Waals surface area (Å²) in [6.45, 7) is 8.68.